The summed E-state index contributed by atoms with van der Waals surface area (Å²) in [6.45, 7) is 0.383. The minimum Gasteiger partial charge on any atom is -0.481 e. The van der Waals surface area contributed by atoms with Crippen molar-refractivity contribution in [3.8, 4) is 0 Å². The Morgan fingerprint density at radius 2 is 1.81 bits per heavy atom. The molecule has 2 rings (SSSR count). The first-order valence-electron chi connectivity index (χ1n) is 7.41. The van der Waals surface area contributed by atoms with E-state index in [-0.39, 0.29) is 12.3 Å². The first kappa shape index (κ1) is 15.5. The lowest BCUT2D eigenvalue weighted by atomic mass is 9.96. The second kappa shape index (κ2) is 6.72. The van der Waals surface area contributed by atoms with Crippen LogP contribution < -0.4 is 10.6 Å². The van der Waals surface area contributed by atoms with Gasteiger partial charge in [0.05, 0.1) is 5.54 Å². The zero-order valence-electron chi connectivity index (χ0n) is 12.1. The van der Waals surface area contributed by atoms with Crippen molar-refractivity contribution in [1.29, 1.82) is 0 Å². The molecule has 1 saturated carbocycles. The van der Waals surface area contributed by atoms with Gasteiger partial charge in [-0.2, -0.15) is 0 Å². The molecule has 0 atom stereocenters. The van der Waals surface area contributed by atoms with Gasteiger partial charge in [0.25, 0.3) is 0 Å². The lowest BCUT2D eigenvalue weighted by Gasteiger charge is -2.31. The fourth-order valence-electron chi connectivity index (χ4n) is 2.83. The van der Waals surface area contributed by atoms with Crippen LogP contribution in [0, 0.1) is 0 Å². The van der Waals surface area contributed by atoms with E-state index in [4.69, 9.17) is 10.8 Å². The molecule has 1 aliphatic rings. The molecule has 1 aromatic carbocycles. The van der Waals surface area contributed by atoms with Gasteiger partial charge in [-0.15, -0.1) is 0 Å². The first-order chi connectivity index (χ1) is 10.0. The molecule has 0 aromatic heterocycles. The van der Waals surface area contributed by atoms with E-state index in [2.05, 4.69) is 0 Å². The summed E-state index contributed by atoms with van der Waals surface area (Å²) in [6, 6.07) is 9.33. The number of nitrogens with zero attached hydrogens (tertiary/aromatic N) is 1. The van der Waals surface area contributed by atoms with Gasteiger partial charge < -0.3 is 15.7 Å². The number of anilines is 1. The fraction of sp³-hybridized carbons (Fsp3) is 0.500. The van der Waals surface area contributed by atoms with Crippen molar-refractivity contribution in [2.24, 2.45) is 5.73 Å². The zero-order chi connectivity index (χ0) is 15.3. The number of hydrogen-bond donors (Lipinski definition) is 2. The molecule has 0 spiro atoms. The van der Waals surface area contributed by atoms with Crippen molar-refractivity contribution >= 4 is 17.6 Å². The molecular weight excluding hydrogens is 268 g/mol. The molecule has 3 N–H and O–H groups in total. The molecule has 0 radical (unpaired) electrons. The van der Waals surface area contributed by atoms with E-state index in [1.54, 1.807) is 4.90 Å². The van der Waals surface area contributed by atoms with Gasteiger partial charge in [0.15, 0.2) is 0 Å². The van der Waals surface area contributed by atoms with Crippen molar-refractivity contribution in [1.82, 2.24) is 0 Å². The van der Waals surface area contributed by atoms with Crippen LogP contribution >= 0.6 is 0 Å². The average Bonchev–Trinajstić information content (AvgIpc) is 2.92. The average molecular weight is 290 g/mol. The molecule has 114 valence electrons. The van der Waals surface area contributed by atoms with Gasteiger partial charge in [-0.1, -0.05) is 31.0 Å². The maximum atomic E-state index is 12.8. The number of carboxylic acid groups (broad SMARTS) is 1. The van der Waals surface area contributed by atoms with Gasteiger partial charge in [-0.05, 0) is 31.4 Å². The number of benzene rings is 1. The van der Waals surface area contributed by atoms with E-state index in [1.165, 1.54) is 0 Å². The Morgan fingerprint density at radius 1 is 1.19 bits per heavy atom. The molecule has 0 unspecified atom stereocenters. The van der Waals surface area contributed by atoms with E-state index < -0.39 is 11.5 Å². The quantitative estimate of drug-likeness (QED) is 0.841. The predicted octanol–water partition coefficient (Wildman–Crippen LogP) is 2.16. The van der Waals surface area contributed by atoms with E-state index in [9.17, 15) is 9.59 Å². The van der Waals surface area contributed by atoms with Crippen molar-refractivity contribution in [2.45, 2.75) is 44.1 Å². The van der Waals surface area contributed by atoms with E-state index in [0.29, 0.717) is 25.8 Å². The number of nitrogens with two attached hydrogens (primary N) is 1. The number of carbonyl (C=O) groups excluding carboxylic acids is 1. The van der Waals surface area contributed by atoms with Crippen molar-refractivity contribution in [3.63, 3.8) is 0 Å². The molecule has 0 bridgehead atoms. The highest BCUT2D eigenvalue weighted by Crippen LogP contribution is 2.30. The minimum absolute atomic E-state index is 0.0498. The summed E-state index contributed by atoms with van der Waals surface area (Å²) in [5.41, 5.74) is 6.25. The van der Waals surface area contributed by atoms with E-state index in [0.717, 1.165) is 18.5 Å². The van der Waals surface area contributed by atoms with E-state index in [1.807, 2.05) is 30.3 Å². The second-order valence-corrected chi connectivity index (χ2v) is 5.65. The lowest BCUT2D eigenvalue weighted by molar-refractivity contribution is -0.137. The molecule has 21 heavy (non-hydrogen) atoms. The summed E-state index contributed by atoms with van der Waals surface area (Å²) >= 11 is 0. The number of hydrogen-bond acceptors (Lipinski definition) is 3. The highest BCUT2D eigenvalue weighted by Gasteiger charge is 2.40. The monoisotopic (exact) mass is 290 g/mol. The number of amides is 1. The van der Waals surface area contributed by atoms with Gasteiger partial charge >= 0.3 is 5.97 Å². The molecule has 5 heteroatoms. The predicted molar refractivity (Wildman–Crippen MR) is 81.1 cm³/mol. The summed E-state index contributed by atoms with van der Waals surface area (Å²) in [4.78, 5) is 25.1. The molecular formula is C16H22N2O3. The zero-order valence-corrected chi connectivity index (χ0v) is 12.1. The van der Waals surface area contributed by atoms with Crippen LogP contribution in [0.3, 0.4) is 0 Å². The van der Waals surface area contributed by atoms with Crippen LogP contribution in [-0.2, 0) is 9.59 Å². The van der Waals surface area contributed by atoms with E-state index >= 15 is 0 Å². The molecule has 1 amide bonds. The van der Waals surface area contributed by atoms with Crippen LogP contribution in [-0.4, -0.2) is 29.1 Å². The summed E-state index contributed by atoms with van der Waals surface area (Å²) in [6.07, 6.45) is 3.82. The summed E-state index contributed by atoms with van der Waals surface area (Å²) in [5, 5.41) is 8.77. The maximum absolute atomic E-state index is 12.8. The standard InChI is InChI=1S/C16H22N2O3/c17-16(10-4-5-11-16)15(21)18(12-6-9-14(19)20)13-7-2-1-3-8-13/h1-3,7-8H,4-6,9-12,17H2,(H,19,20). The number of para-hydroxylation sites is 1. The topological polar surface area (TPSA) is 83.6 Å². The molecule has 1 aromatic rings. The largest absolute Gasteiger partial charge is 0.481 e. The number of carbonyl (C=O) groups is 2. The van der Waals surface area contributed by atoms with Crippen LogP contribution in [0.15, 0.2) is 30.3 Å². The Hall–Kier alpha value is -1.88. The molecule has 0 saturated heterocycles. The Kier molecular flexibility index (Phi) is 4.96. The number of rotatable bonds is 6. The fourth-order valence-corrected chi connectivity index (χ4v) is 2.83. The third-order valence-corrected chi connectivity index (χ3v) is 4.01. The van der Waals surface area contributed by atoms with Crippen LogP contribution in [0.5, 0.6) is 0 Å². The van der Waals surface area contributed by atoms with Crippen molar-refractivity contribution in [3.05, 3.63) is 30.3 Å². The van der Waals surface area contributed by atoms with Gasteiger partial charge in [-0.3, -0.25) is 9.59 Å². The van der Waals surface area contributed by atoms with Gasteiger partial charge in [0, 0.05) is 18.7 Å². The van der Waals surface area contributed by atoms with Gasteiger partial charge in [-0.25, -0.2) is 0 Å². The Bertz CT molecular complexity index is 496. The highest BCUT2D eigenvalue weighted by molar-refractivity contribution is 6.00. The SMILES string of the molecule is NC1(C(=O)N(CCCC(=O)O)c2ccccc2)CCCC1. The smallest absolute Gasteiger partial charge is 0.303 e. The van der Waals surface area contributed by atoms with Crippen LogP contribution in [0.2, 0.25) is 0 Å². The Labute approximate surface area is 124 Å². The third kappa shape index (κ3) is 3.82. The minimum atomic E-state index is -0.848. The second-order valence-electron chi connectivity index (χ2n) is 5.65. The van der Waals surface area contributed by atoms with Gasteiger partial charge in [0.2, 0.25) is 5.91 Å². The normalized spacial score (nSPS) is 16.6. The molecule has 5 nitrogen and oxygen atoms in total. The van der Waals surface area contributed by atoms with Crippen LogP contribution in [0.1, 0.15) is 38.5 Å². The number of carboxylic acids is 1. The van der Waals surface area contributed by atoms with Gasteiger partial charge in [0.1, 0.15) is 0 Å². The molecule has 0 aliphatic heterocycles. The van der Waals surface area contributed by atoms with Crippen LogP contribution in [0.4, 0.5) is 5.69 Å². The van der Waals surface area contributed by atoms with Crippen LogP contribution in [0.25, 0.3) is 0 Å². The summed E-state index contributed by atoms with van der Waals surface area (Å²) in [5.74, 6) is -0.935. The maximum Gasteiger partial charge on any atom is 0.303 e. The summed E-state index contributed by atoms with van der Waals surface area (Å²) in [7, 11) is 0. The lowest BCUT2D eigenvalue weighted by Crippen LogP contribution is -2.54. The first-order valence-corrected chi connectivity index (χ1v) is 7.41. The number of aliphatic carboxylic acids is 1. The molecule has 1 fully saturated rings. The molecule has 0 heterocycles. The Morgan fingerprint density at radius 3 is 2.38 bits per heavy atom. The Balaban J connectivity index is 2.15. The molecule has 1 aliphatic carbocycles. The van der Waals surface area contributed by atoms with Crippen molar-refractivity contribution in [2.75, 3.05) is 11.4 Å². The summed E-state index contributed by atoms with van der Waals surface area (Å²) < 4.78 is 0. The highest BCUT2D eigenvalue weighted by atomic mass is 16.4. The van der Waals surface area contributed by atoms with Crippen molar-refractivity contribution < 1.29 is 14.7 Å². The third-order valence-electron chi connectivity index (χ3n) is 4.01.